The number of hydrogen-bond acceptors (Lipinski definition) is 2. The Balaban J connectivity index is 2.62. The minimum Gasteiger partial charge on any atom is -0.399 e. The van der Waals surface area contributed by atoms with Gasteiger partial charge in [-0.2, -0.15) is 0 Å². The highest BCUT2D eigenvalue weighted by atomic mass is 14.8. The number of anilines is 1. The van der Waals surface area contributed by atoms with Crippen LogP contribution in [0.4, 0.5) is 11.4 Å². The highest BCUT2D eigenvalue weighted by molar-refractivity contribution is 6.00. The molecule has 0 aliphatic carbocycles. The second kappa shape index (κ2) is 2.84. The molecule has 0 amide bonds. The van der Waals surface area contributed by atoms with Crippen molar-refractivity contribution in [2.75, 3.05) is 5.73 Å². The molecule has 14 heavy (non-hydrogen) atoms. The van der Waals surface area contributed by atoms with Gasteiger partial charge in [0.05, 0.1) is 5.69 Å². The van der Waals surface area contributed by atoms with Gasteiger partial charge in [-0.15, -0.1) is 0 Å². The van der Waals surface area contributed by atoms with Gasteiger partial charge in [-0.3, -0.25) is 4.99 Å². The number of nitrogens with two attached hydrogens (primary N) is 1. The molecule has 0 spiro atoms. The summed E-state index contributed by atoms with van der Waals surface area (Å²) >= 11 is 0. The summed E-state index contributed by atoms with van der Waals surface area (Å²) in [6, 6.07) is 5.98. The standard InChI is InChI=1S/C12H16N2/c1-4-12(3)8(2)14-11-6-5-9(13)7-10(11)12/h5-7H,4,13H2,1-3H3. The number of aliphatic imine (C=N–C) groups is 1. The first-order valence-corrected chi connectivity index (χ1v) is 5.03. The Labute approximate surface area is 84.9 Å². The lowest BCUT2D eigenvalue weighted by Gasteiger charge is -2.24. The van der Waals surface area contributed by atoms with Crippen molar-refractivity contribution in [3.63, 3.8) is 0 Å². The number of nitrogen functional groups attached to an aromatic ring is 1. The van der Waals surface area contributed by atoms with E-state index in [4.69, 9.17) is 5.73 Å². The fraction of sp³-hybridized carbons (Fsp3) is 0.417. The molecule has 0 saturated heterocycles. The quantitative estimate of drug-likeness (QED) is 0.676. The molecule has 2 N–H and O–H groups in total. The topological polar surface area (TPSA) is 38.4 Å². The molecule has 1 aromatic rings. The predicted octanol–water partition coefficient (Wildman–Crippen LogP) is 3.04. The molecule has 2 nitrogen and oxygen atoms in total. The minimum atomic E-state index is 0.0880. The summed E-state index contributed by atoms with van der Waals surface area (Å²) in [7, 11) is 0. The maximum Gasteiger partial charge on any atom is 0.0672 e. The van der Waals surface area contributed by atoms with Crippen LogP contribution in [0.1, 0.15) is 32.8 Å². The average Bonchev–Trinajstić information content (AvgIpc) is 2.41. The van der Waals surface area contributed by atoms with E-state index in [0.29, 0.717) is 0 Å². The molecule has 0 fully saturated rings. The zero-order valence-electron chi connectivity index (χ0n) is 8.96. The Morgan fingerprint density at radius 2 is 2.14 bits per heavy atom. The second-order valence-electron chi connectivity index (χ2n) is 4.16. The SMILES string of the molecule is CCC1(C)C(C)=Nc2ccc(N)cc21. The zero-order valence-corrected chi connectivity index (χ0v) is 8.96. The Morgan fingerprint density at radius 1 is 1.43 bits per heavy atom. The van der Waals surface area contributed by atoms with E-state index in [-0.39, 0.29) is 5.41 Å². The lowest BCUT2D eigenvalue weighted by atomic mass is 9.78. The monoisotopic (exact) mass is 188 g/mol. The van der Waals surface area contributed by atoms with Gasteiger partial charge in [0.2, 0.25) is 0 Å². The van der Waals surface area contributed by atoms with Crippen molar-refractivity contribution < 1.29 is 0 Å². The Kier molecular flexibility index (Phi) is 1.88. The molecule has 1 aliphatic heterocycles. The van der Waals surface area contributed by atoms with Gasteiger partial charge in [0, 0.05) is 16.8 Å². The Hall–Kier alpha value is -1.31. The van der Waals surface area contributed by atoms with Crippen molar-refractivity contribution in [2.45, 2.75) is 32.6 Å². The first-order chi connectivity index (χ1) is 6.58. The first kappa shape index (κ1) is 9.25. The predicted molar refractivity (Wildman–Crippen MR) is 61.3 cm³/mol. The molecule has 1 unspecified atom stereocenters. The summed E-state index contributed by atoms with van der Waals surface area (Å²) in [6.45, 7) is 6.52. The summed E-state index contributed by atoms with van der Waals surface area (Å²) in [5, 5.41) is 0. The molecule has 1 atom stereocenters. The molecule has 0 aromatic heterocycles. The summed E-state index contributed by atoms with van der Waals surface area (Å²) in [6.07, 6.45) is 1.07. The van der Waals surface area contributed by atoms with E-state index in [9.17, 15) is 0 Å². The van der Waals surface area contributed by atoms with E-state index < -0.39 is 0 Å². The zero-order chi connectivity index (χ0) is 10.3. The number of benzene rings is 1. The van der Waals surface area contributed by atoms with Crippen LogP contribution >= 0.6 is 0 Å². The molecule has 1 aromatic carbocycles. The van der Waals surface area contributed by atoms with Crippen LogP contribution in [0.3, 0.4) is 0 Å². The van der Waals surface area contributed by atoms with E-state index in [1.54, 1.807) is 0 Å². The van der Waals surface area contributed by atoms with Crippen molar-refractivity contribution in [1.82, 2.24) is 0 Å². The third-order valence-electron chi connectivity index (χ3n) is 3.41. The molecule has 1 heterocycles. The lowest BCUT2D eigenvalue weighted by molar-refractivity contribution is 0.624. The Bertz CT molecular complexity index is 407. The van der Waals surface area contributed by atoms with Crippen LogP contribution in [-0.4, -0.2) is 5.71 Å². The van der Waals surface area contributed by atoms with Gasteiger partial charge in [0.15, 0.2) is 0 Å². The van der Waals surface area contributed by atoms with Crippen LogP contribution in [0, 0.1) is 0 Å². The van der Waals surface area contributed by atoms with E-state index in [0.717, 1.165) is 17.8 Å². The second-order valence-corrected chi connectivity index (χ2v) is 4.16. The van der Waals surface area contributed by atoms with E-state index in [1.165, 1.54) is 11.3 Å². The number of fused-ring (bicyclic) bond motifs is 1. The van der Waals surface area contributed by atoms with Crippen molar-refractivity contribution in [2.24, 2.45) is 4.99 Å². The summed E-state index contributed by atoms with van der Waals surface area (Å²) < 4.78 is 0. The molecular formula is C12H16N2. The number of nitrogens with zero attached hydrogens (tertiary/aromatic N) is 1. The lowest BCUT2D eigenvalue weighted by Crippen LogP contribution is -2.26. The smallest absolute Gasteiger partial charge is 0.0672 e. The molecule has 0 radical (unpaired) electrons. The average molecular weight is 188 g/mol. The van der Waals surface area contributed by atoms with Crippen LogP contribution in [0.15, 0.2) is 23.2 Å². The van der Waals surface area contributed by atoms with Crippen molar-refractivity contribution in [3.8, 4) is 0 Å². The number of hydrogen-bond donors (Lipinski definition) is 1. The summed E-state index contributed by atoms with van der Waals surface area (Å²) in [5.41, 5.74) is 10.3. The van der Waals surface area contributed by atoms with Crippen LogP contribution in [0.5, 0.6) is 0 Å². The van der Waals surface area contributed by atoms with E-state index in [2.05, 4.69) is 31.8 Å². The van der Waals surface area contributed by atoms with Crippen LogP contribution < -0.4 is 5.73 Å². The van der Waals surface area contributed by atoms with Crippen molar-refractivity contribution >= 4 is 17.1 Å². The Morgan fingerprint density at radius 3 is 2.79 bits per heavy atom. The molecular weight excluding hydrogens is 172 g/mol. The van der Waals surface area contributed by atoms with Crippen LogP contribution in [0.2, 0.25) is 0 Å². The fourth-order valence-corrected chi connectivity index (χ4v) is 2.04. The van der Waals surface area contributed by atoms with Crippen LogP contribution in [0.25, 0.3) is 0 Å². The molecule has 0 bridgehead atoms. The van der Waals surface area contributed by atoms with Gasteiger partial charge in [-0.1, -0.05) is 13.8 Å². The fourth-order valence-electron chi connectivity index (χ4n) is 2.04. The molecule has 0 saturated carbocycles. The normalized spacial score (nSPS) is 24.6. The van der Waals surface area contributed by atoms with Gasteiger partial charge in [0.25, 0.3) is 0 Å². The third-order valence-corrected chi connectivity index (χ3v) is 3.41. The largest absolute Gasteiger partial charge is 0.399 e. The summed E-state index contributed by atoms with van der Waals surface area (Å²) in [5.74, 6) is 0. The van der Waals surface area contributed by atoms with Gasteiger partial charge < -0.3 is 5.73 Å². The molecule has 2 heteroatoms. The van der Waals surface area contributed by atoms with E-state index >= 15 is 0 Å². The minimum absolute atomic E-state index is 0.0880. The molecule has 1 aliphatic rings. The van der Waals surface area contributed by atoms with E-state index in [1.807, 2.05) is 12.1 Å². The maximum atomic E-state index is 5.80. The molecule has 74 valence electrons. The third kappa shape index (κ3) is 1.07. The van der Waals surface area contributed by atoms with Crippen LogP contribution in [-0.2, 0) is 5.41 Å². The van der Waals surface area contributed by atoms with Gasteiger partial charge in [0.1, 0.15) is 0 Å². The van der Waals surface area contributed by atoms with Crippen molar-refractivity contribution in [3.05, 3.63) is 23.8 Å². The first-order valence-electron chi connectivity index (χ1n) is 5.03. The van der Waals surface area contributed by atoms with Gasteiger partial charge >= 0.3 is 0 Å². The van der Waals surface area contributed by atoms with Gasteiger partial charge in [-0.05, 0) is 37.1 Å². The highest BCUT2D eigenvalue weighted by Gasteiger charge is 2.34. The summed E-state index contributed by atoms with van der Waals surface area (Å²) in [4.78, 5) is 4.58. The van der Waals surface area contributed by atoms with Crippen molar-refractivity contribution in [1.29, 1.82) is 0 Å². The highest BCUT2D eigenvalue weighted by Crippen LogP contribution is 2.42. The molecule has 2 rings (SSSR count). The maximum absolute atomic E-state index is 5.80. The van der Waals surface area contributed by atoms with Gasteiger partial charge in [-0.25, -0.2) is 0 Å². The number of rotatable bonds is 1.